The lowest BCUT2D eigenvalue weighted by Gasteiger charge is -2.14. The van der Waals surface area contributed by atoms with E-state index in [-0.39, 0.29) is 16.9 Å². The topological polar surface area (TPSA) is 26.3 Å². The SMILES string of the molecule is CCOc1c(CC)cc(C(F)F)cc1C(C)=O. The van der Waals surface area contributed by atoms with Crippen LogP contribution in [0.5, 0.6) is 5.75 Å². The third kappa shape index (κ3) is 3.02. The largest absolute Gasteiger partial charge is 0.493 e. The van der Waals surface area contributed by atoms with Gasteiger partial charge in [0.15, 0.2) is 5.78 Å². The van der Waals surface area contributed by atoms with E-state index in [1.54, 1.807) is 6.92 Å². The third-order valence-corrected chi connectivity index (χ3v) is 2.49. The molecule has 94 valence electrons. The first-order valence-corrected chi connectivity index (χ1v) is 5.59. The van der Waals surface area contributed by atoms with Crippen molar-refractivity contribution in [3.05, 3.63) is 28.8 Å². The highest BCUT2D eigenvalue weighted by molar-refractivity contribution is 5.97. The van der Waals surface area contributed by atoms with Gasteiger partial charge in [-0.1, -0.05) is 6.92 Å². The van der Waals surface area contributed by atoms with Crippen molar-refractivity contribution >= 4 is 5.78 Å². The summed E-state index contributed by atoms with van der Waals surface area (Å²) in [6.07, 6.45) is -2.02. The molecule has 0 aliphatic heterocycles. The summed E-state index contributed by atoms with van der Waals surface area (Å²) in [6, 6.07) is 2.62. The van der Waals surface area contributed by atoms with Crippen LogP contribution in [0.15, 0.2) is 12.1 Å². The van der Waals surface area contributed by atoms with E-state index in [2.05, 4.69) is 0 Å². The van der Waals surface area contributed by atoms with Crippen molar-refractivity contribution in [3.8, 4) is 5.75 Å². The van der Waals surface area contributed by atoms with Crippen LogP contribution in [0.4, 0.5) is 8.78 Å². The van der Waals surface area contributed by atoms with E-state index in [0.29, 0.717) is 24.3 Å². The van der Waals surface area contributed by atoms with Crippen LogP contribution in [0.25, 0.3) is 0 Å². The molecule has 0 fully saturated rings. The van der Waals surface area contributed by atoms with Gasteiger partial charge in [0.05, 0.1) is 12.2 Å². The van der Waals surface area contributed by atoms with Crippen LogP contribution >= 0.6 is 0 Å². The molecule has 0 bridgehead atoms. The molecule has 0 aliphatic rings. The standard InChI is InChI=1S/C13H16F2O2/c1-4-9-6-10(13(14)15)7-11(8(3)16)12(9)17-5-2/h6-7,13H,4-5H2,1-3H3. The molecule has 0 atom stereocenters. The number of carbonyl (C=O) groups is 1. The second-order valence-corrected chi connectivity index (χ2v) is 3.70. The Hall–Kier alpha value is -1.45. The zero-order valence-corrected chi connectivity index (χ0v) is 10.2. The second kappa shape index (κ2) is 5.75. The summed E-state index contributed by atoms with van der Waals surface area (Å²) >= 11 is 0. The van der Waals surface area contributed by atoms with Gasteiger partial charge < -0.3 is 4.74 Å². The molecule has 2 nitrogen and oxygen atoms in total. The van der Waals surface area contributed by atoms with E-state index in [1.807, 2.05) is 6.92 Å². The van der Waals surface area contributed by atoms with Crippen molar-refractivity contribution < 1.29 is 18.3 Å². The van der Waals surface area contributed by atoms with Gasteiger partial charge in [0.25, 0.3) is 6.43 Å². The summed E-state index contributed by atoms with van der Waals surface area (Å²) in [4.78, 5) is 11.5. The minimum atomic E-state index is -2.57. The van der Waals surface area contributed by atoms with Gasteiger partial charge in [0.2, 0.25) is 0 Å². The second-order valence-electron chi connectivity index (χ2n) is 3.70. The first-order chi connectivity index (χ1) is 8.01. The zero-order chi connectivity index (χ0) is 13.0. The molecule has 0 saturated carbocycles. The molecule has 0 aliphatic carbocycles. The normalized spacial score (nSPS) is 10.7. The van der Waals surface area contributed by atoms with Crippen LogP contribution < -0.4 is 4.74 Å². The average Bonchev–Trinajstić information content (AvgIpc) is 2.28. The predicted molar refractivity (Wildman–Crippen MR) is 62.0 cm³/mol. The molecule has 0 radical (unpaired) electrons. The number of hydrogen-bond donors (Lipinski definition) is 0. The number of carbonyl (C=O) groups excluding carboxylic acids is 1. The van der Waals surface area contributed by atoms with Gasteiger partial charge in [0.1, 0.15) is 5.75 Å². The number of halogens is 2. The van der Waals surface area contributed by atoms with Crippen LogP contribution in [0.2, 0.25) is 0 Å². The van der Waals surface area contributed by atoms with Crippen molar-refractivity contribution in [2.24, 2.45) is 0 Å². The summed E-state index contributed by atoms with van der Waals surface area (Å²) in [5.74, 6) is 0.178. The maximum Gasteiger partial charge on any atom is 0.263 e. The quantitative estimate of drug-likeness (QED) is 0.734. The summed E-state index contributed by atoms with van der Waals surface area (Å²) in [5.41, 5.74) is 0.756. The van der Waals surface area contributed by atoms with E-state index in [9.17, 15) is 13.6 Å². The van der Waals surface area contributed by atoms with Gasteiger partial charge in [-0.25, -0.2) is 8.78 Å². The van der Waals surface area contributed by atoms with Crippen LogP contribution in [-0.2, 0) is 6.42 Å². The van der Waals surface area contributed by atoms with E-state index < -0.39 is 6.43 Å². The number of rotatable bonds is 5. The Labute approximate surface area is 99.6 Å². The summed E-state index contributed by atoms with van der Waals surface area (Å²) in [5, 5.41) is 0. The number of aryl methyl sites for hydroxylation is 1. The molecular weight excluding hydrogens is 226 g/mol. The number of hydrogen-bond acceptors (Lipinski definition) is 2. The van der Waals surface area contributed by atoms with Crippen LogP contribution in [0.3, 0.4) is 0 Å². The fourth-order valence-electron chi connectivity index (χ4n) is 1.68. The third-order valence-electron chi connectivity index (χ3n) is 2.49. The van der Waals surface area contributed by atoms with Gasteiger partial charge in [-0.05, 0) is 38.0 Å². The number of Topliss-reactive ketones (excluding diaryl/α,β-unsaturated/α-hetero) is 1. The monoisotopic (exact) mass is 242 g/mol. The molecular formula is C13H16F2O2. The van der Waals surface area contributed by atoms with Crippen LogP contribution in [0.1, 0.15) is 48.7 Å². The summed E-state index contributed by atoms with van der Waals surface area (Å²) in [7, 11) is 0. The first kappa shape index (κ1) is 13.6. The molecule has 0 amide bonds. The Bertz CT molecular complexity index is 414. The molecule has 0 saturated heterocycles. The fourth-order valence-corrected chi connectivity index (χ4v) is 1.68. The van der Waals surface area contributed by atoms with Gasteiger partial charge in [0, 0.05) is 5.56 Å². The Balaban J connectivity index is 3.40. The van der Waals surface area contributed by atoms with Gasteiger partial charge >= 0.3 is 0 Å². The molecule has 0 heterocycles. The van der Waals surface area contributed by atoms with E-state index in [0.717, 1.165) is 0 Å². The predicted octanol–water partition coefficient (Wildman–Crippen LogP) is 3.79. The minimum absolute atomic E-state index is 0.129. The number of ether oxygens (including phenoxy) is 1. The van der Waals surface area contributed by atoms with E-state index >= 15 is 0 Å². The van der Waals surface area contributed by atoms with E-state index in [1.165, 1.54) is 19.1 Å². The van der Waals surface area contributed by atoms with Crippen LogP contribution in [0, 0.1) is 0 Å². The molecule has 1 rings (SSSR count). The summed E-state index contributed by atoms with van der Waals surface area (Å²) in [6.45, 7) is 5.40. The molecule has 1 aromatic carbocycles. The highest BCUT2D eigenvalue weighted by atomic mass is 19.3. The highest BCUT2D eigenvalue weighted by Gasteiger charge is 2.18. The van der Waals surface area contributed by atoms with Crippen molar-refractivity contribution in [3.63, 3.8) is 0 Å². The molecule has 0 aromatic heterocycles. The van der Waals surface area contributed by atoms with Crippen LogP contribution in [-0.4, -0.2) is 12.4 Å². The molecule has 0 spiro atoms. The lowest BCUT2D eigenvalue weighted by atomic mass is 10.00. The Morgan fingerprint density at radius 2 is 2.00 bits per heavy atom. The lowest BCUT2D eigenvalue weighted by Crippen LogP contribution is -2.05. The van der Waals surface area contributed by atoms with Gasteiger partial charge in [-0.2, -0.15) is 0 Å². The fraction of sp³-hybridized carbons (Fsp3) is 0.462. The van der Waals surface area contributed by atoms with E-state index in [4.69, 9.17) is 4.74 Å². The van der Waals surface area contributed by atoms with Gasteiger partial charge in [-0.3, -0.25) is 4.79 Å². The highest BCUT2D eigenvalue weighted by Crippen LogP contribution is 2.31. The van der Waals surface area contributed by atoms with Crippen molar-refractivity contribution in [1.29, 1.82) is 0 Å². The van der Waals surface area contributed by atoms with Crippen molar-refractivity contribution in [1.82, 2.24) is 0 Å². The summed E-state index contributed by atoms with van der Waals surface area (Å²) < 4.78 is 30.8. The number of ketones is 1. The maximum atomic E-state index is 12.7. The molecule has 4 heteroatoms. The van der Waals surface area contributed by atoms with Crippen molar-refractivity contribution in [2.45, 2.75) is 33.6 Å². The Morgan fingerprint density at radius 3 is 2.41 bits per heavy atom. The molecule has 17 heavy (non-hydrogen) atoms. The van der Waals surface area contributed by atoms with Crippen molar-refractivity contribution in [2.75, 3.05) is 6.61 Å². The zero-order valence-electron chi connectivity index (χ0n) is 10.2. The molecule has 0 N–H and O–H groups in total. The molecule has 1 aromatic rings. The maximum absolute atomic E-state index is 12.7. The minimum Gasteiger partial charge on any atom is -0.493 e. The molecule has 0 unspecified atom stereocenters. The average molecular weight is 242 g/mol. The Morgan fingerprint density at radius 1 is 1.35 bits per heavy atom. The smallest absolute Gasteiger partial charge is 0.263 e. The number of benzene rings is 1. The lowest BCUT2D eigenvalue weighted by molar-refractivity contribution is 0.101. The van der Waals surface area contributed by atoms with Gasteiger partial charge in [-0.15, -0.1) is 0 Å². The Kier molecular flexibility index (Phi) is 4.61. The number of alkyl halides is 2. The first-order valence-electron chi connectivity index (χ1n) is 5.59.